The lowest BCUT2D eigenvalue weighted by Crippen LogP contribution is -2.50. The molecule has 2 aliphatic heterocycles. The van der Waals surface area contributed by atoms with Crippen LogP contribution in [0.1, 0.15) is 19.3 Å². The molecule has 0 radical (unpaired) electrons. The summed E-state index contributed by atoms with van der Waals surface area (Å²) in [6.07, 6.45) is 1.47. The standard InChI is InChI=1S/C23H23ClN2O5/c24-16-8-10-17(11-9-16)26-21(27)13-20(23(26)29)25(14-19-7-4-12-30-19)22(28)15-31-18-5-2-1-3-6-18/h1-3,5-6,8-11,19-20H,4,7,12-15H2. The Morgan fingerprint density at radius 1 is 1.13 bits per heavy atom. The molecule has 162 valence electrons. The van der Waals surface area contributed by atoms with Gasteiger partial charge in [0.05, 0.1) is 18.2 Å². The predicted molar refractivity (Wildman–Crippen MR) is 115 cm³/mol. The number of hydrogen-bond donors (Lipinski definition) is 0. The Morgan fingerprint density at radius 3 is 2.55 bits per heavy atom. The number of imide groups is 1. The molecule has 0 N–H and O–H groups in total. The number of amides is 3. The highest BCUT2D eigenvalue weighted by Gasteiger charge is 2.45. The summed E-state index contributed by atoms with van der Waals surface area (Å²) in [5, 5.41) is 0.507. The number of halogens is 1. The summed E-state index contributed by atoms with van der Waals surface area (Å²) in [7, 11) is 0. The zero-order chi connectivity index (χ0) is 21.8. The zero-order valence-electron chi connectivity index (χ0n) is 16.9. The average molecular weight is 443 g/mol. The fourth-order valence-corrected chi connectivity index (χ4v) is 4.00. The van der Waals surface area contributed by atoms with E-state index in [9.17, 15) is 14.4 Å². The second-order valence-corrected chi connectivity index (χ2v) is 7.98. The van der Waals surface area contributed by atoms with Gasteiger partial charge in [0.25, 0.3) is 11.8 Å². The van der Waals surface area contributed by atoms with Crippen LogP contribution in [0.15, 0.2) is 54.6 Å². The Labute approximate surface area is 185 Å². The van der Waals surface area contributed by atoms with Crippen molar-refractivity contribution < 1.29 is 23.9 Å². The summed E-state index contributed by atoms with van der Waals surface area (Å²) in [6, 6.07) is 14.6. The van der Waals surface area contributed by atoms with Crippen LogP contribution >= 0.6 is 11.6 Å². The molecule has 8 heteroatoms. The Morgan fingerprint density at radius 2 is 1.87 bits per heavy atom. The number of hydrogen-bond acceptors (Lipinski definition) is 5. The number of benzene rings is 2. The molecule has 2 aromatic carbocycles. The highest BCUT2D eigenvalue weighted by molar-refractivity contribution is 6.30. The van der Waals surface area contributed by atoms with Crippen molar-refractivity contribution in [2.24, 2.45) is 0 Å². The molecular formula is C23H23ClN2O5. The number of rotatable bonds is 7. The van der Waals surface area contributed by atoms with Gasteiger partial charge in [-0.25, -0.2) is 4.90 Å². The molecule has 2 atom stereocenters. The van der Waals surface area contributed by atoms with E-state index >= 15 is 0 Å². The zero-order valence-corrected chi connectivity index (χ0v) is 17.7. The monoisotopic (exact) mass is 442 g/mol. The molecule has 0 spiro atoms. The highest BCUT2D eigenvalue weighted by atomic mass is 35.5. The first-order valence-corrected chi connectivity index (χ1v) is 10.6. The average Bonchev–Trinajstić information content (AvgIpc) is 3.39. The van der Waals surface area contributed by atoms with E-state index < -0.39 is 11.9 Å². The second kappa shape index (κ2) is 9.49. The molecular weight excluding hydrogens is 420 g/mol. The van der Waals surface area contributed by atoms with E-state index in [0.717, 1.165) is 17.7 Å². The SMILES string of the molecule is O=C1CC(N(CC2CCCO2)C(=O)COc2ccccc2)C(=O)N1c1ccc(Cl)cc1. The van der Waals surface area contributed by atoms with Gasteiger partial charge in [0.1, 0.15) is 11.8 Å². The van der Waals surface area contributed by atoms with E-state index in [-0.39, 0.29) is 37.5 Å². The van der Waals surface area contributed by atoms with E-state index in [1.165, 1.54) is 4.90 Å². The van der Waals surface area contributed by atoms with Crippen LogP contribution in [0.5, 0.6) is 5.75 Å². The number of carbonyl (C=O) groups is 3. The number of carbonyl (C=O) groups excluding carboxylic acids is 3. The lowest BCUT2D eigenvalue weighted by molar-refractivity contribution is -0.141. The molecule has 0 bridgehead atoms. The summed E-state index contributed by atoms with van der Waals surface area (Å²) in [5.41, 5.74) is 0.437. The van der Waals surface area contributed by atoms with Gasteiger partial charge >= 0.3 is 0 Å². The molecule has 31 heavy (non-hydrogen) atoms. The van der Waals surface area contributed by atoms with Crippen molar-refractivity contribution in [3.63, 3.8) is 0 Å². The maximum atomic E-state index is 13.2. The normalized spacial score (nSPS) is 20.9. The van der Waals surface area contributed by atoms with Crippen LogP contribution in [0.2, 0.25) is 5.02 Å². The highest BCUT2D eigenvalue weighted by Crippen LogP contribution is 2.28. The molecule has 0 saturated carbocycles. The third kappa shape index (κ3) is 4.89. The predicted octanol–water partition coefficient (Wildman–Crippen LogP) is 3.06. The van der Waals surface area contributed by atoms with Gasteiger partial charge in [-0.05, 0) is 49.2 Å². The molecule has 3 amide bonds. The van der Waals surface area contributed by atoms with Crippen molar-refractivity contribution in [1.29, 1.82) is 0 Å². The van der Waals surface area contributed by atoms with E-state index in [2.05, 4.69) is 0 Å². The summed E-state index contributed by atoms with van der Waals surface area (Å²) in [6.45, 7) is 0.645. The van der Waals surface area contributed by atoms with Gasteiger partial charge in [-0.3, -0.25) is 14.4 Å². The van der Waals surface area contributed by atoms with Crippen molar-refractivity contribution in [3.8, 4) is 5.75 Å². The fraction of sp³-hybridized carbons (Fsp3) is 0.348. The Balaban J connectivity index is 1.52. The summed E-state index contributed by atoms with van der Waals surface area (Å²) in [5.74, 6) is -0.585. The molecule has 2 unspecified atom stereocenters. The van der Waals surface area contributed by atoms with Crippen LogP contribution in [-0.4, -0.2) is 54.5 Å². The third-order valence-corrected chi connectivity index (χ3v) is 5.69. The molecule has 2 aromatic rings. The second-order valence-electron chi connectivity index (χ2n) is 7.55. The number of para-hydroxylation sites is 1. The smallest absolute Gasteiger partial charge is 0.261 e. The molecule has 0 aliphatic carbocycles. The van der Waals surface area contributed by atoms with Gasteiger partial charge < -0.3 is 14.4 Å². The quantitative estimate of drug-likeness (QED) is 0.616. The molecule has 7 nitrogen and oxygen atoms in total. The van der Waals surface area contributed by atoms with E-state index in [4.69, 9.17) is 21.1 Å². The number of nitrogens with zero attached hydrogens (tertiary/aromatic N) is 2. The minimum Gasteiger partial charge on any atom is -0.484 e. The Kier molecular flexibility index (Phi) is 6.53. The lowest BCUT2D eigenvalue weighted by Gasteiger charge is -2.29. The van der Waals surface area contributed by atoms with Crippen LogP contribution < -0.4 is 9.64 Å². The van der Waals surface area contributed by atoms with Gasteiger partial charge in [-0.15, -0.1) is 0 Å². The van der Waals surface area contributed by atoms with E-state index in [1.807, 2.05) is 18.2 Å². The van der Waals surface area contributed by atoms with Crippen LogP contribution in [0.25, 0.3) is 0 Å². The van der Waals surface area contributed by atoms with Gasteiger partial charge in [0, 0.05) is 18.2 Å². The Hall–Kier alpha value is -2.90. The maximum absolute atomic E-state index is 13.2. The van der Waals surface area contributed by atoms with Crippen LogP contribution in [0.3, 0.4) is 0 Å². The van der Waals surface area contributed by atoms with Gasteiger partial charge in [-0.2, -0.15) is 0 Å². The molecule has 4 rings (SSSR count). The van der Waals surface area contributed by atoms with Gasteiger partial charge in [0.2, 0.25) is 5.91 Å². The van der Waals surface area contributed by atoms with Crippen molar-refractivity contribution in [1.82, 2.24) is 4.90 Å². The first kappa shape index (κ1) is 21.3. The minimum absolute atomic E-state index is 0.0781. The number of ether oxygens (including phenoxy) is 2. The topological polar surface area (TPSA) is 76.1 Å². The summed E-state index contributed by atoms with van der Waals surface area (Å²) in [4.78, 5) is 41.5. The third-order valence-electron chi connectivity index (χ3n) is 5.43. The fourth-order valence-electron chi connectivity index (χ4n) is 3.88. The molecule has 2 heterocycles. The van der Waals surface area contributed by atoms with Crippen molar-refractivity contribution in [2.45, 2.75) is 31.4 Å². The molecule has 2 fully saturated rings. The van der Waals surface area contributed by atoms with E-state index in [0.29, 0.717) is 23.1 Å². The van der Waals surface area contributed by atoms with Crippen molar-refractivity contribution in [2.75, 3.05) is 24.7 Å². The first-order chi connectivity index (χ1) is 15.0. The first-order valence-electron chi connectivity index (χ1n) is 10.2. The largest absolute Gasteiger partial charge is 0.484 e. The molecule has 0 aromatic heterocycles. The van der Waals surface area contributed by atoms with Gasteiger partial charge in [-0.1, -0.05) is 29.8 Å². The van der Waals surface area contributed by atoms with Crippen LogP contribution in [-0.2, 0) is 19.1 Å². The molecule has 2 saturated heterocycles. The summed E-state index contributed by atoms with van der Waals surface area (Å²) >= 11 is 5.92. The minimum atomic E-state index is -0.890. The van der Waals surface area contributed by atoms with Crippen molar-refractivity contribution >= 4 is 35.0 Å². The van der Waals surface area contributed by atoms with E-state index in [1.54, 1.807) is 36.4 Å². The van der Waals surface area contributed by atoms with Crippen LogP contribution in [0, 0.1) is 0 Å². The molecule has 2 aliphatic rings. The maximum Gasteiger partial charge on any atom is 0.261 e. The van der Waals surface area contributed by atoms with Crippen molar-refractivity contribution in [3.05, 3.63) is 59.6 Å². The lowest BCUT2D eigenvalue weighted by atomic mass is 10.1. The summed E-state index contributed by atoms with van der Waals surface area (Å²) < 4.78 is 11.3. The van der Waals surface area contributed by atoms with Gasteiger partial charge in [0.15, 0.2) is 6.61 Å². The van der Waals surface area contributed by atoms with Crippen LogP contribution in [0.4, 0.5) is 5.69 Å². The Bertz CT molecular complexity index is 944. The number of anilines is 1.